The van der Waals surface area contributed by atoms with Crippen LogP contribution >= 0.6 is 11.6 Å². The van der Waals surface area contributed by atoms with Gasteiger partial charge in [0.1, 0.15) is 17.9 Å². The molecular formula is C28H29ClN4O. The van der Waals surface area contributed by atoms with Crippen LogP contribution in [0.3, 0.4) is 0 Å². The first kappa shape index (κ1) is 23.7. The maximum absolute atomic E-state index is 5.84. The molecule has 34 heavy (non-hydrogen) atoms. The Kier molecular flexibility index (Phi) is 7.43. The molecular weight excluding hydrogens is 444 g/mol. The number of halogens is 1. The third-order valence-electron chi connectivity index (χ3n) is 5.63. The van der Waals surface area contributed by atoms with Crippen molar-refractivity contribution < 1.29 is 4.74 Å². The third kappa shape index (κ3) is 5.37. The zero-order valence-corrected chi connectivity index (χ0v) is 20.8. The number of rotatable bonds is 5. The monoisotopic (exact) mass is 472 g/mol. The molecule has 0 unspecified atom stereocenters. The van der Waals surface area contributed by atoms with Gasteiger partial charge in [0.2, 0.25) is 0 Å². The molecule has 0 aliphatic carbocycles. The summed E-state index contributed by atoms with van der Waals surface area (Å²) in [6, 6.07) is 18.4. The number of hydrogen-bond acceptors (Lipinski definition) is 4. The van der Waals surface area contributed by atoms with Crippen LogP contribution in [0.1, 0.15) is 37.4 Å². The van der Waals surface area contributed by atoms with Gasteiger partial charge in [0.25, 0.3) is 0 Å². The molecule has 1 N–H and O–H groups in total. The Morgan fingerprint density at radius 1 is 0.882 bits per heavy atom. The quantitative estimate of drug-likeness (QED) is 0.288. The number of aromatic amines is 1. The van der Waals surface area contributed by atoms with Crippen molar-refractivity contribution in [2.75, 3.05) is 6.61 Å². The van der Waals surface area contributed by atoms with Gasteiger partial charge in [0.15, 0.2) is 0 Å². The SMILES string of the molecule is CCCOc1ccc(-c2ccc3nc(C)[nH]c3c2)cc1CC.Cc1ncnc2ccc(Cl)cc12. The number of fused-ring (bicyclic) bond motifs is 2. The standard InChI is InChI=1S/C19H22N2O.C9H7ClN2/c1-4-10-22-19-9-7-15(11-14(19)5-2)16-6-8-17-18(12-16)21-13(3)20-17;1-6-8-4-7(10)2-3-9(8)12-5-11-6/h6-9,11-12H,4-5,10H2,1-3H3,(H,20,21);2-5H,1H3. The van der Waals surface area contributed by atoms with Gasteiger partial charge in [-0.05, 0) is 85.8 Å². The van der Waals surface area contributed by atoms with E-state index in [0.29, 0.717) is 0 Å². The fourth-order valence-electron chi connectivity index (χ4n) is 3.86. The van der Waals surface area contributed by atoms with Crippen LogP contribution in [-0.4, -0.2) is 26.5 Å². The predicted molar refractivity (Wildman–Crippen MR) is 141 cm³/mol. The average molecular weight is 473 g/mol. The minimum atomic E-state index is 0.723. The summed E-state index contributed by atoms with van der Waals surface area (Å²) in [5, 5.41) is 1.74. The Morgan fingerprint density at radius 2 is 1.65 bits per heavy atom. The summed E-state index contributed by atoms with van der Waals surface area (Å²) >= 11 is 5.84. The first-order valence-corrected chi connectivity index (χ1v) is 12.0. The minimum Gasteiger partial charge on any atom is -0.493 e. The molecule has 6 heteroatoms. The summed E-state index contributed by atoms with van der Waals surface area (Å²) < 4.78 is 5.83. The highest BCUT2D eigenvalue weighted by Gasteiger charge is 2.07. The molecule has 0 bridgehead atoms. The van der Waals surface area contributed by atoms with Crippen molar-refractivity contribution in [2.45, 2.75) is 40.5 Å². The topological polar surface area (TPSA) is 63.7 Å². The molecule has 0 aliphatic rings. The van der Waals surface area contributed by atoms with Gasteiger partial charge in [-0.1, -0.05) is 37.6 Å². The fraction of sp³-hybridized carbons (Fsp3) is 0.250. The van der Waals surface area contributed by atoms with Crippen molar-refractivity contribution in [1.29, 1.82) is 0 Å². The van der Waals surface area contributed by atoms with Gasteiger partial charge in [-0.3, -0.25) is 0 Å². The molecule has 0 radical (unpaired) electrons. The van der Waals surface area contributed by atoms with Gasteiger partial charge in [0, 0.05) is 16.1 Å². The van der Waals surface area contributed by atoms with E-state index in [1.54, 1.807) is 6.33 Å². The molecule has 0 amide bonds. The number of imidazole rings is 1. The first-order valence-electron chi connectivity index (χ1n) is 11.6. The summed E-state index contributed by atoms with van der Waals surface area (Å²) in [7, 11) is 0. The van der Waals surface area contributed by atoms with Gasteiger partial charge < -0.3 is 9.72 Å². The van der Waals surface area contributed by atoms with Crippen LogP contribution in [0.15, 0.2) is 60.9 Å². The van der Waals surface area contributed by atoms with E-state index in [-0.39, 0.29) is 0 Å². The number of nitrogens with one attached hydrogen (secondary N) is 1. The maximum atomic E-state index is 5.84. The predicted octanol–water partition coefficient (Wildman–Crippen LogP) is 7.48. The van der Waals surface area contributed by atoms with Crippen LogP contribution in [0.2, 0.25) is 5.02 Å². The Labute approximate surface area is 205 Å². The highest BCUT2D eigenvalue weighted by molar-refractivity contribution is 6.31. The second-order valence-corrected chi connectivity index (χ2v) is 8.64. The molecule has 0 fully saturated rings. The summed E-state index contributed by atoms with van der Waals surface area (Å²) in [5.74, 6) is 1.95. The normalized spacial score (nSPS) is 10.9. The summed E-state index contributed by atoms with van der Waals surface area (Å²) in [4.78, 5) is 15.9. The van der Waals surface area contributed by atoms with E-state index in [9.17, 15) is 0 Å². The Hall–Kier alpha value is -3.44. The van der Waals surface area contributed by atoms with Gasteiger partial charge in [0.05, 0.1) is 23.2 Å². The number of H-pyrrole nitrogens is 1. The Morgan fingerprint density at radius 3 is 2.44 bits per heavy atom. The fourth-order valence-corrected chi connectivity index (χ4v) is 4.03. The van der Waals surface area contributed by atoms with E-state index < -0.39 is 0 Å². The van der Waals surface area contributed by atoms with E-state index >= 15 is 0 Å². The lowest BCUT2D eigenvalue weighted by Crippen LogP contribution is -1.98. The molecule has 0 spiro atoms. The van der Waals surface area contributed by atoms with E-state index in [1.807, 2.05) is 32.0 Å². The minimum absolute atomic E-state index is 0.723. The number of benzene rings is 3. The smallest absolute Gasteiger partial charge is 0.122 e. The number of nitrogens with zero attached hydrogens (tertiary/aromatic N) is 3. The molecule has 0 saturated carbocycles. The zero-order valence-electron chi connectivity index (χ0n) is 20.0. The molecule has 5 nitrogen and oxygen atoms in total. The van der Waals surface area contributed by atoms with Crippen molar-refractivity contribution in [3.63, 3.8) is 0 Å². The van der Waals surface area contributed by atoms with Gasteiger partial charge in [-0.2, -0.15) is 0 Å². The van der Waals surface area contributed by atoms with Gasteiger partial charge in [-0.15, -0.1) is 0 Å². The van der Waals surface area contributed by atoms with Crippen LogP contribution < -0.4 is 4.74 Å². The Bertz CT molecular complexity index is 1430. The summed E-state index contributed by atoms with van der Waals surface area (Å²) in [6.45, 7) is 8.99. The number of hydrogen-bond donors (Lipinski definition) is 1. The first-order chi connectivity index (χ1) is 16.5. The highest BCUT2D eigenvalue weighted by Crippen LogP contribution is 2.29. The van der Waals surface area contributed by atoms with Crippen molar-refractivity contribution in [1.82, 2.24) is 19.9 Å². The van der Waals surface area contributed by atoms with Crippen molar-refractivity contribution in [3.8, 4) is 16.9 Å². The second kappa shape index (κ2) is 10.7. The highest BCUT2D eigenvalue weighted by atomic mass is 35.5. The lowest BCUT2D eigenvalue weighted by atomic mass is 10.0. The second-order valence-electron chi connectivity index (χ2n) is 8.20. The third-order valence-corrected chi connectivity index (χ3v) is 5.87. The number of aryl methyl sites for hydroxylation is 3. The molecule has 3 aromatic carbocycles. The zero-order chi connectivity index (χ0) is 24.1. The van der Waals surface area contributed by atoms with E-state index in [1.165, 1.54) is 16.7 Å². The molecule has 5 aromatic rings. The van der Waals surface area contributed by atoms with Gasteiger partial charge in [-0.25, -0.2) is 15.0 Å². The van der Waals surface area contributed by atoms with E-state index in [4.69, 9.17) is 16.3 Å². The molecule has 0 atom stereocenters. The molecule has 174 valence electrons. The largest absolute Gasteiger partial charge is 0.493 e. The van der Waals surface area contributed by atoms with Crippen LogP contribution in [0.4, 0.5) is 0 Å². The summed E-state index contributed by atoms with van der Waals surface area (Å²) in [6.07, 6.45) is 3.56. The molecule has 5 rings (SSSR count). The molecule has 0 aliphatic heterocycles. The average Bonchev–Trinajstić information content (AvgIpc) is 3.23. The van der Waals surface area contributed by atoms with Crippen LogP contribution in [0, 0.1) is 13.8 Å². The van der Waals surface area contributed by atoms with Crippen molar-refractivity contribution in [2.24, 2.45) is 0 Å². The van der Waals surface area contributed by atoms with E-state index in [0.717, 1.165) is 63.7 Å². The van der Waals surface area contributed by atoms with Crippen LogP contribution in [0.25, 0.3) is 33.1 Å². The lowest BCUT2D eigenvalue weighted by molar-refractivity contribution is 0.314. The van der Waals surface area contributed by atoms with Crippen molar-refractivity contribution >= 4 is 33.5 Å². The van der Waals surface area contributed by atoms with Crippen LogP contribution in [-0.2, 0) is 6.42 Å². The number of ether oxygens (including phenoxy) is 1. The number of aromatic nitrogens is 4. The molecule has 0 saturated heterocycles. The molecule has 2 aromatic heterocycles. The molecule has 2 heterocycles. The maximum Gasteiger partial charge on any atom is 0.122 e. The van der Waals surface area contributed by atoms with Gasteiger partial charge >= 0.3 is 0 Å². The van der Waals surface area contributed by atoms with Crippen LogP contribution in [0.5, 0.6) is 5.75 Å². The lowest BCUT2D eigenvalue weighted by Gasteiger charge is -2.12. The Balaban J connectivity index is 0.000000192. The summed E-state index contributed by atoms with van der Waals surface area (Å²) in [5.41, 5.74) is 7.67. The van der Waals surface area contributed by atoms with Crippen molar-refractivity contribution in [3.05, 3.63) is 83.0 Å². The van der Waals surface area contributed by atoms with E-state index in [2.05, 4.69) is 70.2 Å².